The molecule has 0 saturated heterocycles. The third-order valence-electron chi connectivity index (χ3n) is 3.27. The van der Waals surface area contributed by atoms with Crippen LogP contribution in [0.5, 0.6) is 0 Å². The van der Waals surface area contributed by atoms with Gasteiger partial charge in [-0.25, -0.2) is 9.78 Å². The Bertz CT molecular complexity index is 832. The van der Waals surface area contributed by atoms with Crippen molar-refractivity contribution in [3.63, 3.8) is 0 Å². The number of nitrogens with zero attached hydrogens (tertiary/aromatic N) is 3. The molecule has 0 atom stereocenters. The topological polar surface area (TPSA) is 67.5 Å². The monoisotopic (exact) mass is 279 g/mol. The summed E-state index contributed by atoms with van der Waals surface area (Å²) in [6.07, 6.45) is 1.68. The summed E-state index contributed by atoms with van der Waals surface area (Å²) in [4.78, 5) is 19.6. The van der Waals surface area contributed by atoms with Crippen LogP contribution in [0.1, 0.15) is 16.2 Å². The minimum absolute atomic E-state index is 0.247. The Balaban J connectivity index is 1.90. The van der Waals surface area contributed by atoms with E-state index in [0.717, 1.165) is 16.9 Å². The SMILES string of the molecule is Cn1c(C=Nc2ccc(C(=O)O)cc2)nc2ccccc21. The molecule has 1 N–H and O–H groups in total. The Morgan fingerprint density at radius 1 is 1.19 bits per heavy atom. The van der Waals surface area contributed by atoms with Crippen LogP contribution in [-0.4, -0.2) is 26.8 Å². The van der Waals surface area contributed by atoms with Gasteiger partial charge in [0.1, 0.15) is 0 Å². The molecule has 1 heterocycles. The molecule has 0 aliphatic carbocycles. The molecule has 3 rings (SSSR count). The highest BCUT2D eigenvalue weighted by molar-refractivity contribution is 5.88. The van der Waals surface area contributed by atoms with Crippen molar-refractivity contribution >= 4 is 28.9 Å². The lowest BCUT2D eigenvalue weighted by Gasteiger charge is -1.97. The number of rotatable bonds is 3. The number of hydrogen-bond acceptors (Lipinski definition) is 3. The van der Waals surface area contributed by atoms with E-state index in [-0.39, 0.29) is 5.56 Å². The van der Waals surface area contributed by atoms with Gasteiger partial charge < -0.3 is 9.67 Å². The lowest BCUT2D eigenvalue weighted by Crippen LogP contribution is -1.96. The first-order chi connectivity index (χ1) is 10.1. The molecule has 104 valence electrons. The van der Waals surface area contributed by atoms with Gasteiger partial charge in [-0.2, -0.15) is 0 Å². The Labute approximate surface area is 121 Å². The highest BCUT2D eigenvalue weighted by atomic mass is 16.4. The predicted molar refractivity (Wildman–Crippen MR) is 81.4 cm³/mol. The van der Waals surface area contributed by atoms with Crippen molar-refractivity contribution in [3.05, 3.63) is 59.9 Å². The molecular weight excluding hydrogens is 266 g/mol. The lowest BCUT2D eigenvalue weighted by molar-refractivity contribution is 0.0697. The summed E-state index contributed by atoms with van der Waals surface area (Å²) < 4.78 is 1.96. The summed E-state index contributed by atoms with van der Waals surface area (Å²) in [5.41, 5.74) is 2.89. The highest BCUT2D eigenvalue weighted by Crippen LogP contribution is 2.15. The maximum absolute atomic E-state index is 10.8. The van der Waals surface area contributed by atoms with Crippen LogP contribution in [0.2, 0.25) is 0 Å². The van der Waals surface area contributed by atoms with Crippen molar-refractivity contribution in [2.75, 3.05) is 0 Å². The van der Waals surface area contributed by atoms with Crippen molar-refractivity contribution in [2.45, 2.75) is 0 Å². The summed E-state index contributed by atoms with van der Waals surface area (Å²) in [6, 6.07) is 14.3. The van der Waals surface area contributed by atoms with Gasteiger partial charge in [0.25, 0.3) is 0 Å². The maximum atomic E-state index is 10.8. The number of carbonyl (C=O) groups is 1. The normalized spacial score (nSPS) is 11.3. The Morgan fingerprint density at radius 3 is 2.57 bits per heavy atom. The minimum Gasteiger partial charge on any atom is -0.478 e. The molecule has 1 aromatic heterocycles. The third kappa shape index (κ3) is 2.53. The van der Waals surface area contributed by atoms with Crippen molar-refractivity contribution in [2.24, 2.45) is 12.0 Å². The fraction of sp³-hybridized carbons (Fsp3) is 0.0625. The third-order valence-corrected chi connectivity index (χ3v) is 3.27. The number of aliphatic imine (C=N–C) groups is 1. The summed E-state index contributed by atoms with van der Waals surface area (Å²) >= 11 is 0. The second kappa shape index (κ2) is 5.20. The number of aromatic carboxylic acids is 1. The average molecular weight is 279 g/mol. The van der Waals surface area contributed by atoms with Crippen LogP contribution < -0.4 is 0 Å². The van der Waals surface area contributed by atoms with Gasteiger partial charge in [-0.15, -0.1) is 0 Å². The molecule has 5 nitrogen and oxygen atoms in total. The van der Waals surface area contributed by atoms with E-state index >= 15 is 0 Å². The molecule has 2 aromatic carbocycles. The molecule has 0 spiro atoms. The molecule has 0 saturated carbocycles. The van der Waals surface area contributed by atoms with Gasteiger partial charge in [0.05, 0.1) is 28.5 Å². The molecular formula is C16H13N3O2. The molecule has 21 heavy (non-hydrogen) atoms. The molecule has 3 aromatic rings. The van der Waals surface area contributed by atoms with E-state index in [1.165, 1.54) is 12.1 Å². The zero-order valence-corrected chi connectivity index (χ0v) is 11.4. The second-order valence-electron chi connectivity index (χ2n) is 4.63. The fourth-order valence-corrected chi connectivity index (χ4v) is 2.10. The molecule has 5 heteroatoms. The largest absolute Gasteiger partial charge is 0.478 e. The van der Waals surface area contributed by atoms with Crippen LogP contribution in [0.15, 0.2) is 53.5 Å². The molecule has 0 unspecified atom stereocenters. The van der Waals surface area contributed by atoms with E-state index in [9.17, 15) is 4.79 Å². The number of aryl methyl sites for hydroxylation is 1. The van der Waals surface area contributed by atoms with E-state index in [0.29, 0.717) is 5.69 Å². The predicted octanol–water partition coefficient (Wildman–Crippen LogP) is 3.02. The fourth-order valence-electron chi connectivity index (χ4n) is 2.10. The summed E-state index contributed by atoms with van der Waals surface area (Å²) in [5.74, 6) is -0.195. The Morgan fingerprint density at radius 2 is 1.90 bits per heavy atom. The van der Waals surface area contributed by atoms with E-state index in [4.69, 9.17) is 5.11 Å². The second-order valence-corrected chi connectivity index (χ2v) is 4.63. The van der Waals surface area contributed by atoms with Crippen LogP contribution in [-0.2, 0) is 7.05 Å². The number of benzene rings is 2. The maximum Gasteiger partial charge on any atom is 0.335 e. The van der Waals surface area contributed by atoms with Gasteiger partial charge in [0, 0.05) is 7.05 Å². The quantitative estimate of drug-likeness (QED) is 0.749. The lowest BCUT2D eigenvalue weighted by atomic mass is 10.2. The first-order valence-electron chi connectivity index (χ1n) is 6.44. The smallest absolute Gasteiger partial charge is 0.335 e. The standard InChI is InChI=1S/C16H13N3O2/c1-19-14-5-3-2-4-13(14)18-15(19)10-17-12-8-6-11(7-9-12)16(20)21/h2-10H,1H3,(H,20,21). The van der Waals surface area contributed by atoms with Crippen LogP contribution in [0.3, 0.4) is 0 Å². The Hall–Kier alpha value is -2.95. The number of hydrogen-bond donors (Lipinski definition) is 1. The number of carboxylic acids is 1. The van der Waals surface area contributed by atoms with Gasteiger partial charge in [-0.3, -0.25) is 4.99 Å². The molecule has 0 bridgehead atoms. The van der Waals surface area contributed by atoms with Crippen LogP contribution in [0, 0.1) is 0 Å². The minimum atomic E-state index is -0.944. The summed E-state index contributed by atoms with van der Waals surface area (Å²) in [7, 11) is 1.93. The van der Waals surface area contributed by atoms with Gasteiger partial charge in [-0.1, -0.05) is 12.1 Å². The first kappa shape index (κ1) is 13.1. The van der Waals surface area contributed by atoms with E-state index in [2.05, 4.69) is 9.98 Å². The van der Waals surface area contributed by atoms with E-state index in [1.54, 1.807) is 18.3 Å². The molecule has 0 fully saturated rings. The van der Waals surface area contributed by atoms with Crippen LogP contribution in [0.25, 0.3) is 11.0 Å². The zero-order valence-electron chi connectivity index (χ0n) is 11.4. The van der Waals surface area contributed by atoms with Crippen LogP contribution >= 0.6 is 0 Å². The van der Waals surface area contributed by atoms with Gasteiger partial charge in [-0.05, 0) is 36.4 Å². The van der Waals surface area contributed by atoms with Crippen molar-refractivity contribution < 1.29 is 9.90 Å². The number of para-hydroxylation sites is 2. The first-order valence-corrected chi connectivity index (χ1v) is 6.44. The molecule has 0 radical (unpaired) electrons. The summed E-state index contributed by atoms with van der Waals surface area (Å²) in [5, 5.41) is 8.85. The van der Waals surface area contributed by atoms with Crippen molar-refractivity contribution in [1.82, 2.24) is 9.55 Å². The van der Waals surface area contributed by atoms with Crippen LogP contribution in [0.4, 0.5) is 5.69 Å². The van der Waals surface area contributed by atoms with E-state index < -0.39 is 5.97 Å². The molecule has 0 aliphatic rings. The molecule has 0 amide bonds. The zero-order chi connectivity index (χ0) is 14.8. The number of carboxylic acid groups (broad SMARTS) is 1. The van der Waals surface area contributed by atoms with Crippen molar-refractivity contribution in [3.8, 4) is 0 Å². The van der Waals surface area contributed by atoms with Gasteiger partial charge in [0.2, 0.25) is 0 Å². The van der Waals surface area contributed by atoms with E-state index in [1.807, 2.05) is 35.9 Å². The number of fused-ring (bicyclic) bond motifs is 1. The Kier molecular flexibility index (Phi) is 3.23. The molecule has 0 aliphatic heterocycles. The summed E-state index contributed by atoms with van der Waals surface area (Å²) in [6.45, 7) is 0. The van der Waals surface area contributed by atoms with Gasteiger partial charge >= 0.3 is 5.97 Å². The van der Waals surface area contributed by atoms with Crippen molar-refractivity contribution in [1.29, 1.82) is 0 Å². The number of aromatic nitrogens is 2. The van der Waals surface area contributed by atoms with Gasteiger partial charge in [0.15, 0.2) is 5.82 Å². The highest BCUT2D eigenvalue weighted by Gasteiger charge is 2.04. The number of imidazole rings is 1. The average Bonchev–Trinajstić information content (AvgIpc) is 2.82.